The van der Waals surface area contributed by atoms with E-state index in [1.807, 2.05) is 18.2 Å². The maximum Gasteiger partial charge on any atom is 0.119 e. The van der Waals surface area contributed by atoms with Gasteiger partial charge in [0.2, 0.25) is 0 Å². The number of benzene rings is 2. The van der Waals surface area contributed by atoms with Crippen molar-refractivity contribution >= 4 is 12.4 Å². The van der Waals surface area contributed by atoms with Crippen LogP contribution in [0, 0.1) is 0 Å². The second kappa shape index (κ2) is 9.26. The molecule has 0 aliphatic heterocycles. The molecule has 0 aliphatic carbocycles. The minimum atomic E-state index is 0. The number of hydrogen-bond acceptors (Lipinski definition) is 2. The van der Waals surface area contributed by atoms with Gasteiger partial charge in [-0.2, -0.15) is 0 Å². The monoisotopic (exact) mass is 361 g/mol. The molecule has 0 aliphatic rings. The van der Waals surface area contributed by atoms with Crippen LogP contribution < -0.4 is 5.32 Å². The minimum Gasteiger partial charge on any atom is -0.508 e. The van der Waals surface area contributed by atoms with E-state index in [1.54, 1.807) is 0 Å². The molecule has 0 fully saturated rings. The lowest BCUT2D eigenvalue weighted by Gasteiger charge is -2.24. The second-order valence-electron chi connectivity index (χ2n) is 7.88. The van der Waals surface area contributed by atoms with Gasteiger partial charge >= 0.3 is 0 Å². The fourth-order valence-corrected chi connectivity index (χ4v) is 3.00. The van der Waals surface area contributed by atoms with Gasteiger partial charge in [-0.05, 0) is 35.6 Å². The molecule has 0 saturated carbocycles. The minimum absolute atomic E-state index is 0. The van der Waals surface area contributed by atoms with Gasteiger partial charge in [0.1, 0.15) is 5.75 Å². The molecule has 0 radical (unpaired) electrons. The van der Waals surface area contributed by atoms with E-state index in [2.05, 4.69) is 70.3 Å². The molecule has 0 aromatic heterocycles. The summed E-state index contributed by atoms with van der Waals surface area (Å²) in [4.78, 5) is 0. The first kappa shape index (κ1) is 21.5. The molecule has 0 amide bonds. The zero-order valence-corrected chi connectivity index (χ0v) is 16.9. The summed E-state index contributed by atoms with van der Waals surface area (Å²) in [6.07, 6.45) is 0.962. The largest absolute Gasteiger partial charge is 0.508 e. The van der Waals surface area contributed by atoms with Crippen molar-refractivity contribution in [1.82, 2.24) is 5.32 Å². The van der Waals surface area contributed by atoms with Gasteiger partial charge in [-0.3, -0.25) is 0 Å². The first-order chi connectivity index (χ1) is 11.3. The van der Waals surface area contributed by atoms with Gasteiger partial charge in [0.25, 0.3) is 0 Å². The highest BCUT2D eigenvalue weighted by Gasteiger charge is 2.21. The van der Waals surface area contributed by atoms with E-state index in [0.717, 1.165) is 18.5 Å². The Labute approximate surface area is 159 Å². The van der Waals surface area contributed by atoms with Gasteiger partial charge in [-0.15, -0.1) is 12.4 Å². The third-order valence-corrected chi connectivity index (χ3v) is 4.46. The third-order valence-electron chi connectivity index (χ3n) is 4.46. The summed E-state index contributed by atoms with van der Waals surface area (Å²) in [5.74, 6) is 0.584. The van der Waals surface area contributed by atoms with E-state index in [4.69, 9.17) is 0 Å². The van der Waals surface area contributed by atoms with E-state index in [-0.39, 0.29) is 23.7 Å². The predicted octanol–water partition coefficient (Wildman–Crippen LogP) is 5.63. The second-order valence-corrected chi connectivity index (χ2v) is 7.88. The maximum absolute atomic E-state index is 10.5. The van der Waals surface area contributed by atoms with Crippen molar-refractivity contribution < 1.29 is 5.11 Å². The summed E-state index contributed by atoms with van der Waals surface area (Å²) >= 11 is 0. The summed E-state index contributed by atoms with van der Waals surface area (Å²) in [7, 11) is 0. The predicted molar refractivity (Wildman–Crippen MR) is 110 cm³/mol. The van der Waals surface area contributed by atoms with Crippen molar-refractivity contribution in [2.75, 3.05) is 6.54 Å². The molecule has 0 spiro atoms. The average Bonchev–Trinajstić information content (AvgIpc) is 2.52. The highest BCUT2D eigenvalue weighted by atomic mass is 35.5. The van der Waals surface area contributed by atoms with E-state index >= 15 is 0 Å². The molecule has 0 heterocycles. The number of phenols is 1. The van der Waals surface area contributed by atoms with Crippen LogP contribution in [0.4, 0.5) is 0 Å². The highest BCUT2D eigenvalue weighted by Crippen LogP contribution is 2.36. The fourth-order valence-electron chi connectivity index (χ4n) is 3.00. The van der Waals surface area contributed by atoms with Crippen molar-refractivity contribution in [3.05, 3.63) is 65.2 Å². The number of hydrogen-bond donors (Lipinski definition) is 2. The Bertz CT molecular complexity index is 647. The summed E-state index contributed by atoms with van der Waals surface area (Å²) in [6.45, 7) is 11.9. The number of nitrogens with one attached hydrogen (secondary N) is 1. The normalized spacial score (nSPS) is 12.7. The molecule has 2 aromatic rings. The van der Waals surface area contributed by atoms with Crippen LogP contribution in [-0.2, 0) is 5.41 Å². The lowest BCUT2D eigenvalue weighted by molar-refractivity contribution is 0.458. The SMILES string of the molecule is CC(C)NCC[C@@H](c1ccccc1)c1cc(C(C)(C)C)ccc1O.Cl. The quantitative estimate of drug-likeness (QED) is 0.698. The molecular weight excluding hydrogens is 330 g/mol. The molecule has 25 heavy (non-hydrogen) atoms. The molecular formula is C22H32ClNO. The Balaban J connectivity index is 0.00000312. The molecule has 2 aromatic carbocycles. The van der Waals surface area contributed by atoms with Gasteiger partial charge < -0.3 is 10.4 Å². The van der Waals surface area contributed by atoms with Crippen LogP contribution in [0.15, 0.2) is 48.5 Å². The number of aromatic hydroxyl groups is 1. The molecule has 138 valence electrons. The smallest absolute Gasteiger partial charge is 0.119 e. The Kier molecular flexibility index (Phi) is 7.98. The van der Waals surface area contributed by atoms with Crippen molar-refractivity contribution in [2.45, 2.75) is 58.4 Å². The van der Waals surface area contributed by atoms with E-state index in [1.165, 1.54) is 11.1 Å². The van der Waals surface area contributed by atoms with Crippen molar-refractivity contribution in [3.8, 4) is 5.75 Å². The molecule has 0 unspecified atom stereocenters. The molecule has 2 nitrogen and oxygen atoms in total. The molecule has 1 atom stereocenters. The van der Waals surface area contributed by atoms with Crippen LogP contribution in [0.2, 0.25) is 0 Å². The average molecular weight is 362 g/mol. The number of halogens is 1. The van der Waals surface area contributed by atoms with Crippen LogP contribution in [0.1, 0.15) is 63.6 Å². The Morgan fingerprint density at radius 2 is 1.64 bits per heavy atom. The third kappa shape index (κ3) is 6.05. The van der Waals surface area contributed by atoms with Crippen LogP contribution in [0.5, 0.6) is 5.75 Å². The fraction of sp³-hybridized carbons (Fsp3) is 0.455. The summed E-state index contributed by atoms with van der Waals surface area (Å²) in [5.41, 5.74) is 3.61. The summed E-state index contributed by atoms with van der Waals surface area (Å²) < 4.78 is 0. The lowest BCUT2D eigenvalue weighted by atomic mass is 9.81. The van der Waals surface area contributed by atoms with Crippen molar-refractivity contribution in [3.63, 3.8) is 0 Å². The summed E-state index contributed by atoms with van der Waals surface area (Å²) in [5, 5.41) is 14.0. The van der Waals surface area contributed by atoms with E-state index in [0.29, 0.717) is 11.8 Å². The first-order valence-corrected chi connectivity index (χ1v) is 8.90. The van der Waals surface area contributed by atoms with Gasteiger partial charge in [0.05, 0.1) is 0 Å². The summed E-state index contributed by atoms with van der Waals surface area (Å²) in [6, 6.07) is 17.0. The maximum atomic E-state index is 10.5. The number of phenolic OH excluding ortho intramolecular Hbond substituents is 1. The molecule has 0 saturated heterocycles. The van der Waals surface area contributed by atoms with Gasteiger partial charge in [-0.25, -0.2) is 0 Å². The van der Waals surface area contributed by atoms with E-state index in [9.17, 15) is 5.11 Å². The zero-order chi connectivity index (χ0) is 17.7. The van der Waals surface area contributed by atoms with Crippen LogP contribution in [0.3, 0.4) is 0 Å². The van der Waals surface area contributed by atoms with Gasteiger partial charge in [0, 0.05) is 17.5 Å². The zero-order valence-electron chi connectivity index (χ0n) is 16.0. The van der Waals surface area contributed by atoms with Gasteiger partial charge in [0.15, 0.2) is 0 Å². The van der Waals surface area contributed by atoms with Crippen LogP contribution >= 0.6 is 12.4 Å². The molecule has 2 N–H and O–H groups in total. The van der Waals surface area contributed by atoms with E-state index < -0.39 is 0 Å². The molecule has 3 heteroatoms. The standard InChI is InChI=1S/C22H31NO.ClH/c1-16(2)23-14-13-19(17-9-7-6-8-10-17)20-15-18(22(3,4)5)11-12-21(20)24;/h6-12,15-16,19,23-24H,13-14H2,1-5H3;1H/t19-;/m0./s1. The lowest BCUT2D eigenvalue weighted by Crippen LogP contribution is -2.25. The Hall–Kier alpha value is -1.51. The Morgan fingerprint density at radius 3 is 2.20 bits per heavy atom. The van der Waals surface area contributed by atoms with Crippen molar-refractivity contribution in [2.24, 2.45) is 0 Å². The van der Waals surface area contributed by atoms with Gasteiger partial charge in [-0.1, -0.05) is 77.1 Å². The number of rotatable bonds is 6. The highest BCUT2D eigenvalue weighted by molar-refractivity contribution is 5.85. The first-order valence-electron chi connectivity index (χ1n) is 8.90. The van der Waals surface area contributed by atoms with Crippen LogP contribution in [0.25, 0.3) is 0 Å². The van der Waals surface area contributed by atoms with Crippen LogP contribution in [-0.4, -0.2) is 17.7 Å². The van der Waals surface area contributed by atoms with Crippen molar-refractivity contribution in [1.29, 1.82) is 0 Å². The topological polar surface area (TPSA) is 32.3 Å². The molecule has 2 rings (SSSR count). The Morgan fingerprint density at radius 1 is 1.00 bits per heavy atom. The molecule has 0 bridgehead atoms.